The van der Waals surface area contributed by atoms with E-state index in [0.717, 1.165) is 0 Å². The highest BCUT2D eigenvalue weighted by Crippen LogP contribution is 2.13. The Bertz CT molecular complexity index is 791. The van der Waals surface area contributed by atoms with Gasteiger partial charge in [-0.2, -0.15) is 0 Å². The van der Waals surface area contributed by atoms with Crippen molar-refractivity contribution in [2.24, 2.45) is 5.92 Å². The minimum atomic E-state index is -1.08. The summed E-state index contributed by atoms with van der Waals surface area (Å²) in [6.07, 6.45) is -1.08. The average molecular weight is 392 g/mol. The number of carbonyl (C=O) groups excluding carboxylic acids is 3. The topological polar surface area (TPSA) is 84.5 Å². The number of hydrogen-bond acceptors (Lipinski definition) is 5. The Labute approximate surface area is 160 Å². The van der Waals surface area contributed by atoms with Gasteiger partial charge in [-0.25, -0.2) is 9.18 Å². The van der Waals surface area contributed by atoms with Crippen molar-refractivity contribution in [2.45, 2.75) is 32.9 Å². The van der Waals surface area contributed by atoms with E-state index in [1.54, 1.807) is 31.4 Å². The highest BCUT2D eigenvalue weighted by molar-refractivity contribution is 7.12. The van der Waals surface area contributed by atoms with Crippen molar-refractivity contribution < 1.29 is 23.5 Å². The van der Waals surface area contributed by atoms with Crippen LogP contribution in [-0.4, -0.2) is 29.9 Å². The number of benzene rings is 1. The van der Waals surface area contributed by atoms with Gasteiger partial charge in [0, 0.05) is 5.69 Å². The number of anilines is 1. The van der Waals surface area contributed by atoms with Crippen LogP contribution in [0, 0.1) is 11.7 Å². The van der Waals surface area contributed by atoms with Gasteiger partial charge in [0.15, 0.2) is 6.10 Å². The molecule has 0 saturated heterocycles. The fraction of sp³-hybridized carbons (Fsp3) is 0.316. The van der Waals surface area contributed by atoms with E-state index in [9.17, 15) is 18.8 Å². The molecular formula is C19H21FN2O4S. The molecule has 6 nitrogen and oxygen atoms in total. The van der Waals surface area contributed by atoms with Crippen molar-refractivity contribution in [2.75, 3.05) is 5.32 Å². The summed E-state index contributed by atoms with van der Waals surface area (Å²) in [4.78, 5) is 37.3. The minimum absolute atomic E-state index is 0.228. The van der Waals surface area contributed by atoms with E-state index in [1.807, 2.05) is 0 Å². The molecule has 1 aromatic carbocycles. The van der Waals surface area contributed by atoms with Crippen molar-refractivity contribution in [3.8, 4) is 0 Å². The molecule has 0 saturated carbocycles. The molecule has 0 aliphatic heterocycles. The first-order valence-electron chi connectivity index (χ1n) is 8.39. The molecule has 1 heterocycles. The van der Waals surface area contributed by atoms with Crippen LogP contribution in [0.1, 0.15) is 30.4 Å². The Balaban J connectivity index is 1.95. The second-order valence-electron chi connectivity index (χ2n) is 6.25. The first kappa shape index (κ1) is 20.6. The lowest BCUT2D eigenvalue weighted by Gasteiger charge is -2.22. The SMILES string of the molecule is CC(C)[C@H](NC(=O)c1cccs1)C(=O)O[C@H](C)C(=O)Nc1ccc(F)cc1. The summed E-state index contributed by atoms with van der Waals surface area (Å²) in [5.41, 5.74) is 0.385. The van der Waals surface area contributed by atoms with E-state index in [1.165, 1.54) is 42.5 Å². The minimum Gasteiger partial charge on any atom is -0.451 e. The molecule has 0 spiro atoms. The molecule has 2 rings (SSSR count). The molecule has 0 aliphatic carbocycles. The normalized spacial score (nSPS) is 12.9. The molecule has 2 N–H and O–H groups in total. The Morgan fingerprint density at radius 1 is 1.07 bits per heavy atom. The van der Waals surface area contributed by atoms with E-state index in [4.69, 9.17) is 4.74 Å². The largest absolute Gasteiger partial charge is 0.451 e. The van der Waals surface area contributed by atoms with Crippen molar-refractivity contribution in [3.05, 3.63) is 52.5 Å². The molecule has 0 bridgehead atoms. The predicted molar refractivity (Wildman–Crippen MR) is 101 cm³/mol. The monoisotopic (exact) mass is 392 g/mol. The summed E-state index contributed by atoms with van der Waals surface area (Å²) >= 11 is 1.26. The molecule has 0 fully saturated rings. The van der Waals surface area contributed by atoms with Crippen LogP contribution in [0.4, 0.5) is 10.1 Å². The predicted octanol–water partition coefficient (Wildman–Crippen LogP) is 3.21. The molecule has 0 radical (unpaired) electrons. The van der Waals surface area contributed by atoms with Crippen molar-refractivity contribution in [3.63, 3.8) is 0 Å². The lowest BCUT2D eigenvalue weighted by atomic mass is 10.0. The fourth-order valence-corrected chi connectivity index (χ4v) is 2.82. The molecule has 2 amide bonds. The third kappa shape index (κ3) is 5.89. The number of esters is 1. The van der Waals surface area contributed by atoms with Crippen LogP contribution in [-0.2, 0) is 14.3 Å². The molecular weight excluding hydrogens is 371 g/mol. The van der Waals surface area contributed by atoms with Gasteiger partial charge in [0.25, 0.3) is 11.8 Å². The van der Waals surface area contributed by atoms with Crippen LogP contribution < -0.4 is 10.6 Å². The van der Waals surface area contributed by atoms with Gasteiger partial charge in [0.2, 0.25) is 0 Å². The van der Waals surface area contributed by atoms with Gasteiger partial charge in [-0.1, -0.05) is 19.9 Å². The smallest absolute Gasteiger partial charge is 0.329 e. The first-order chi connectivity index (χ1) is 12.8. The van der Waals surface area contributed by atoms with Gasteiger partial charge in [-0.15, -0.1) is 11.3 Å². The third-order valence-corrected chi connectivity index (χ3v) is 4.59. The molecule has 2 aromatic rings. The summed E-state index contributed by atoms with van der Waals surface area (Å²) in [5.74, 6) is -2.27. The zero-order chi connectivity index (χ0) is 20.0. The Morgan fingerprint density at radius 2 is 1.74 bits per heavy atom. The van der Waals surface area contributed by atoms with Crippen molar-refractivity contribution >= 4 is 34.8 Å². The summed E-state index contributed by atoms with van der Waals surface area (Å²) < 4.78 is 18.1. The van der Waals surface area contributed by atoms with Crippen LogP contribution in [0.15, 0.2) is 41.8 Å². The van der Waals surface area contributed by atoms with E-state index in [2.05, 4.69) is 10.6 Å². The number of thiophene rings is 1. The molecule has 144 valence electrons. The number of halogens is 1. The van der Waals surface area contributed by atoms with Crippen LogP contribution in [0.2, 0.25) is 0 Å². The number of carbonyl (C=O) groups is 3. The van der Waals surface area contributed by atoms with Crippen molar-refractivity contribution in [1.29, 1.82) is 0 Å². The number of rotatable bonds is 7. The molecule has 27 heavy (non-hydrogen) atoms. The van der Waals surface area contributed by atoms with Crippen molar-refractivity contribution in [1.82, 2.24) is 5.32 Å². The number of hydrogen-bond donors (Lipinski definition) is 2. The van der Waals surface area contributed by atoms with Crippen LogP contribution in [0.3, 0.4) is 0 Å². The van der Waals surface area contributed by atoms with E-state index < -0.39 is 29.8 Å². The average Bonchev–Trinajstić information content (AvgIpc) is 3.15. The van der Waals surface area contributed by atoms with Gasteiger partial charge in [0.05, 0.1) is 4.88 Å². The fourth-order valence-electron chi connectivity index (χ4n) is 2.20. The quantitative estimate of drug-likeness (QED) is 0.709. The van der Waals surface area contributed by atoms with Gasteiger partial charge in [-0.3, -0.25) is 9.59 Å². The Kier molecular flexibility index (Phi) is 7.06. The number of amides is 2. The van der Waals surface area contributed by atoms with Crippen LogP contribution in [0.25, 0.3) is 0 Å². The molecule has 2 atom stereocenters. The third-order valence-electron chi connectivity index (χ3n) is 3.73. The van der Waals surface area contributed by atoms with Crippen LogP contribution >= 0.6 is 11.3 Å². The second-order valence-corrected chi connectivity index (χ2v) is 7.20. The van der Waals surface area contributed by atoms with Crippen LogP contribution in [0.5, 0.6) is 0 Å². The summed E-state index contributed by atoms with van der Waals surface area (Å²) in [6.45, 7) is 4.96. The standard InChI is InChI=1S/C19H21FN2O4S/c1-11(2)16(22-18(24)15-5-4-10-27-15)19(25)26-12(3)17(23)21-14-8-6-13(20)7-9-14/h4-12,16H,1-3H3,(H,21,23)(H,22,24)/t12-,16+/m1/s1. The summed E-state index contributed by atoms with van der Waals surface area (Å²) in [6, 6.07) is 7.73. The molecule has 8 heteroatoms. The molecule has 0 unspecified atom stereocenters. The summed E-state index contributed by atoms with van der Waals surface area (Å²) in [7, 11) is 0. The Hall–Kier alpha value is -2.74. The molecule has 1 aromatic heterocycles. The first-order valence-corrected chi connectivity index (χ1v) is 9.27. The lowest BCUT2D eigenvalue weighted by Crippen LogP contribution is -2.47. The zero-order valence-electron chi connectivity index (χ0n) is 15.2. The van der Waals surface area contributed by atoms with E-state index >= 15 is 0 Å². The zero-order valence-corrected chi connectivity index (χ0v) is 16.0. The Morgan fingerprint density at radius 3 is 2.30 bits per heavy atom. The van der Waals surface area contributed by atoms with Gasteiger partial charge in [-0.05, 0) is 48.6 Å². The maximum absolute atomic E-state index is 12.9. The molecule has 0 aliphatic rings. The number of ether oxygens (including phenoxy) is 1. The number of nitrogens with one attached hydrogen (secondary N) is 2. The maximum Gasteiger partial charge on any atom is 0.329 e. The second kappa shape index (κ2) is 9.27. The van der Waals surface area contributed by atoms with E-state index in [0.29, 0.717) is 10.6 Å². The van der Waals surface area contributed by atoms with E-state index in [-0.39, 0.29) is 11.8 Å². The van der Waals surface area contributed by atoms with Gasteiger partial charge < -0.3 is 15.4 Å². The summed E-state index contributed by atoms with van der Waals surface area (Å²) in [5, 5.41) is 6.94. The maximum atomic E-state index is 12.9. The van der Waals surface area contributed by atoms with Gasteiger partial charge in [0.1, 0.15) is 11.9 Å². The highest BCUT2D eigenvalue weighted by Gasteiger charge is 2.29. The highest BCUT2D eigenvalue weighted by atomic mass is 32.1. The lowest BCUT2D eigenvalue weighted by molar-refractivity contribution is -0.156. The van der Waals surface area contributed by atoms with Gasteiger partial charge >= 0.3 is 5.97 Å².